The Hall–Kier alpha value is -1.82. The highest BCUT2D eigenvalue weighted by atomic mass is 35.5. The number of nitrogens with one attached hydrogen (secondary N) is 1. The zero-order valence-electron chi connectivity index (χ0n) is 14.8. The molecule has 0 unspecified atom stereocenters. The van der Waals surface area contributed by atoms with Gasteiger partial charge in [0.25, 0.3) is 5.91 Å². The van der Waals surface area contributed by atoms with Crippen molar-refractivity contribution in [3.05, 3.63) is 59.1 Å². The van der Waals surface area contributed by atoms with E-state index in [9.17, 15) is 4.79 Å². The van der Waals surface area contributed by atoms with Crippen LogP contribution in [-0.4, -0.2) is 24.2 Å². The Morgan fingerprint density at radius 3 is 1.96 bits per heavy atom. The Morgan fingerprint density at radius 1 is 0.920 bits per heavy atom. The molecule has 1 fully saturated rings. The number of rotatable bonds is 3. The highest BCUT2D eigenvalue weighted by Gasteiger charge is 2.51. The summed E-state index contributed by atoms with van der Waals surface area (Å²) in [6.45, 7) is 8.06. The molecule has 130 valence electrons. The van der Waals surface area contributed by atoms with Gasteiger partial charge in [0, 0.05) is 16.3 Å². The molecule has 0 aliphatic carbocycles. The highest BCUT2D eigenvalue weighted by Crippen LogP contribution is 2.36. The first-order chi connectivity index (χ1) is 11.7. The fraction of sp³-hybridized carbons (Fsp3) is 0.316. The third-order valence-electron chi connectivity index (χ3n) is 4.80. The van der Waals surface area contributed by atoms with Crippen molar-refractivity contribution >= 4 is 35.8 Å². The summed E-state index contributed by atoms with van der Waals surface area (Å²) in [7, 11) is -0.432. The minimum absolute atomic E-state index is 0.178. The highest BCUT2D eigenvalue weighted by molar-refractivity contribution is 6.62. The van der Waals surface area contributed by atoms with Crippen LogP contribution in [0.5, 0.6) is 0 Å². The first-order valence-corrected chi connectivity index (χ1v) is 8.58. The van der Waals surface area contributed by atoms with E-state index in [0.29, 0.717) is 16.3 Å². The molecule has 2 aromatic rings. The van der Waals surface area contributed by atoms with Crippen molar-refractivity contribution in [2.24, 2.45) is 0 Å². The van der Waals surface area contributed by atoms with Crippen molar-refractivity contribution in [2.45, 2.75) is 38.9 Å². The van der Waals surface area contributed by atoms with E-state index in [1.165, 1.54) is 0 Å². The largest absolute Gasteiger partial charge is 0.494 e. The lowest BCUT2D eigenvalue weighted by Gasteiger charge is -2.32. The summed E-state index contributed by atoms with van der Waals surface area (Å²) in [5, 5.41) is 3.47. The summed E-state index contributed by atoms with van der Waals surface area (Å²) in [6.07, 6.45) is 0. The van der Waals surface area contributed by atoms with E-state index in [4.69, 9.17) is 20.9 Å². The normalized spacial score (nSPS) is 18.2. The number of hydrogen-bond donors (Lipinski definition) is 1. The predicted molar refractivity (Wildman–Crippen MR) is 102 cm³/mol. The number of amides is 1. The lowest BCUT2D eigenvalue weighted by atomic mass is 9.79. The van der Waals surface area contributed by atoms with E-state index in [1.54, 1.807) is 36.4 Å². The Kier molecular flexibility index (Phi) is 4.67. The SMILES string of the molecule is CC1(C)OB(c2ccc(C(=O)Nc3ccc(Cl)cc3)cc2)OC1(C)C. The van der Waals surface area contributed by atoms with Gasteiger partial charge >= 0.3 is 7.12 Å². The van der Waals surface area contributed by atoms with Gasteiger partial charge in [-0.2, -0.15) is 0 Å². The van der Waals surface area contributed by atoms with Gasteiger partial charge in [-0.15, -0.1) is 0 Å². The van der Waals surface area contributed by atoms with E-state index in [2.05, 4.69) is 5.32 Å². The van der Waals surface area contributed by atoms with Crippen LogP contribution in [0.4, 0.5) is 5.69 Å². The first kappa shape index (κ1) is 18.0. The smallest absolute Gasteiger partial charge is 0.399 e. The van der Waals surface area contributed by atoms with Gasteiger partial charge in [0.2, 0.25) is 0 Å². The van der Waals surface area contributed by atoms with Crippen LogP contribution < -0.4 is 10.8 Å². The maximum absolute atomic E-state index is 12.3. The molecule has 0 radical (unpaired) electrons. The number of hydrogen-bond acceptors (Lipinski definition) is 3. The van der Waals surface area contributed by atoms with Crippen LogP contribution in [0.2, 0.25) is 5.02 Å². The zero-order chi connectivity index (χ0) is 18.2. The summed E-state index contributed by atoms with van der Waals surface area (Å²) in [5.41, 5.74) is 1.38. The monoisotopic (exact) mass is 357 g/mol. The molecule has 1 saturated heterocycles. The maximum atomic E-state index is 12.3. The van der Waals surface area contributed by atoms with Crippen molar-refractivity contribution in [2.75, 3.05) is 5.32 Å². The van der Waals surface area contributed by atoms with Crippen LogP contribution >= 0.6 is 11.6 Å². The Labute approximate surface area is 153 Å². The van der Waals surface area contributed by atoms with Gasteiger partial charge in [0.1, 0.15) is 0 Å². The molecule has 0 bridgehead atoms. The Morgan fingerprint density at radius 2 is 1.44 bits per heavy atom. The number of anilines is 1. The number of benzene rings is 2. The van der Waals surface area contributed by atoms with Crippen LogP contribution in [0.15, 0.2) is 48.5 Å². The molecule has 3 rings (SSSR count). The average Bonchev–Trinajstić information content (AvgIpc) is 2.78. The fourth-order valence-corrected chi connectivity index (χ4v) is 2.63. The van der Waals surface area contributed by atoms with Crippen LogP contribution in [0, 0.1) is 0 Å². The molecule has 0 saturated carbocycles. The zero-order valence-corrected chi connectivity index (χ0v) is 15.6. The lowest BCUT2D eigenvalue weighted by Crippen LogP contribution is -2.41. The van der Waals surface area contributed by atoms with E-state index in [-0.39, 0.29) is 17.1 Å². The second-order valence-corrected chi connectivity index (χ2v) is 7.61. The van der Waals surface area contributed by atoms with Crippen molar-refractivity contribution in [3.8, 4) is 0 Å². The molecule has 0 aromatic heterocycles. The molecule has 4 nitrogen and oxygen atoms in total. The Balaban J connectivity index is 1.70. The van der Waals surface area contributed by atoms with Gasteiger partial charge in [-0.05, 0) is 69.6 Å². The molecule has 2 aromatic carbocycles. The molecule has 25 heavy (non-hydrogen) atoms. The summed E-state index contributed by atoms with van der Waals surface area (Å²) >= 11 is 5.85. The number of carbonyl (C=O) groups is 1. The molecule has 1 heterocycles. The maximum Gasteiger partial charge on any atom is 0.494 e. The summed E-state index contributed by atoms with van der Waals surface area (Å²) in [4.78, 5) is 12.3. The van der Waals surface area contributed by atoms with Crippen LogP contribution in [0.3, 0.4) is 0 Å². The van der Waals surface area contributed by atoms with Crippen molar-refractivity contribution in [1.82, 2.24) is 0 Å². The van der Waals surface area contributed by atoms with Crippen LogP contribution in [0.25, 0.3) is 0 Å². The van der Waals surface area contributed by atoms with Crippen molar-refractivity contribution < 1.29 is 14.1 Å². The van der Waals surface area contributed by atoms with Gasteiger partial charge < -0.3 is 14.6 Å². The molecule has 6 heteroatoms. The first-order valence-electron chi connectivity index (χ1n) is 8.20. The van der Waals surface area contributed by atoms with Gasteiger partial charge in [0.05, 0.1) is 11.2 Å². The molecule has 0 atom stereocenters. The van der Waals surface area contributed by atoms with Gasteiger partial charge in [-0.25, -0.2) is 0 Å². The minimum atomic E-state index is -0.432. The van der Waals surface area contributed by atoms with Gasteiger partial charge in [0.15, 0.2) is 0 Å². The van der Waals surface area contributed by atoms with E-state index in [0.717, 1.165) is 5.46 Å². The van der Waals surface area contributed by atoms with E-state index in [1.807, 2.05) is 39.8 Å². The molecule has 1 aliphatic rings. The predicted octanol–water partition coefficient (Wildman–Crippen LogP) is 3.89. The Bertz CT molecular complexity index is 756. The molecule has 1 amide bonds. The fourth-order valence-electron chi connectivity index (χ4n) is 2.51. The minimum Gasteiger partial charge on any atom is -0.399 e. The van der Waals surface area contributed by atoms with Gasteiger partial charge in [-0.1, -0.05) is 23.7 Å². The number of halogens is 1. The van der Waals surface area contributed by atoms with Gasteiger partial charge in [-0.3, -0.25) is 4.79 Å². The molecule has 1 N–H and O–H groups in total. The lowest BCUT2D eigenvalue weighted by molar-refractivity contribution is 0.00578. The number of carbonyl (C=O) groups excluding carboxylic acids is 1. The second-order valence-electron chi connectivity index (χ2n) is 7.17. The summed E-state index contributed by atoms with van der Waals surface area (Å²) in [6, 6.07) is 14.3. The molecular weight excluding hydrogens is 336 g/mol. The molecular formula is C19H21BClNO3. The second kappa shape index (κ2) is 6.48. The van der Waals surface area contributed by atoms with Crippen molar-refractivity contribution in [3.63, 3.8) is 0 Å². The summed E-state index contributed by atoms with van der Waals surface area (Å²) < 4.78 is 12.0. The average molecular weight is 358 g/mol. The topological polar surface area (TPSA) is 47.6 Å². The summed E-state index contributed by atoms with van der Waals surface area (Å²) in [5.74, 6) is -0.178. The van der Waals surface area contributed by atoms with E-state index < -0.39 is 7.12 Å². The van der Waals surface area contributed by atoms with Crippen LogP contribution in [0.1, 0.15) is 38.1 Å². The standard InChI is InChI=1S/C19H21BClNO3/c1-18(2)19(3,4)25-20(24-18)14-7-5-13(6-8-14)17(23)22-16-11-9-15(21)10-12-16/h5-12H,1-4H3,(H,22,23). The van der Waals surface area contributed by atoms with Crippen LogP contribution in [-0.2, 0) is 9.31 Å². The quantitative estimate of drug-likeness (QED) is 0.848. The van der Waals surface area contributed by atoms with Crippen molar-refractivity contribution in [1.29, 1.82) is 0 Å². The third-order valence-corrected chi connectivity index (χ3v) is 5.05. The third kappa shape index (κ3) is 3.74. The van der Waals surface area contributed by atoms with E-state index >= 15 is 0 Å². The molecule has 0 spiro atoms. The molecule has 1 aliphatic heterocycles.